The Balaban J connectivity index is 2.00. The van der Waals surface area contributed by atoms with Crippen molar-refractivity contribution >= 4 is 11.3 Å². The molecule has 2 heterocycles. The third-order valence-electron chi connectivity index (χ3n) is 3.04. The van der Waals surface area contributed by atoms with Gasteiger partial charge < -0.3 is 9.88 Å². The first kappa shape index (κ1) is 13.2. The minimum atomic E-state index is 0.318. The van der Waals surface area contributed by atoms with E-state index in [1.165, 1.54) is 4.88 Å². The van der Waals surface area contributed by atoms with E-state index >= 15 is 0 Å². The van der Waals surface area contributed by atoms with E-state index in [-0.39, 0.29) is 0 Å². The fraction of sp³-hybridized carbons (Fsp3) is 0.538. The molecule has 0 aliphatic heterocycles. The summed E-state index contributed by atoms with van der Waals surface area (Å²) in [5.41, 5.74) is 1.14. The summed E-state index contributed by atoms with van der Waals surface area (Å²) < 4.78 is 2.16. The largest absolute Gasteiger partial charge is 0.334 e. The van der Waals surface area contributed by atoms with Crippen LogP contribution in [0.25, 0.3) is 0 Å². The van der Waals surface area contributed by atoms with Crippen molar-refractivity contribution in [3.8, 4) is 0 Å². The first-order valence-corrected chi connectivity index (χ1v) is 7.10. The lowest BCUT2D eigenvalue weighted by Gasteiger charge is -2.13. The molecule has 0 bridgehead atoms. The van der Waals surface area contributed by atoms with Gasteiger partial charge in [0.25, 0.3) is 0 Å². The van der Waals surface area contributed by atoms with Gasteiger partial charge in [-0.1, -0.05) is 0 Å². The van der Waals surface area contributed by atoms with Gasteiger partial charge in [0.15, 0.2) is 0 Å². The van der Waals surface area contributed by atoms with Crippen molar-refractivity contribution in [3.05, 3.63) is 33.8 Å². The Morgan fingerprint density at radius 1 is 1.44 bits per heavy atom. The van der Waals surface area contributed by atoms with E-state index < -0.39 is 0 Å². The van der Waals surface area contributed by atoms with Crippen molar-refractivity contribution in [2.45, 2.75) is 46.8 Å². The van der Waals surface area contributed by atoms with Crippen LogP contribution < -0.4 is 5.32 Å². The topological polar surface area (TPSA) is 42.7 Å². The van der Waals surface area contributed by atoms with Gasteiger partial charge in [-0.05, 0) is 27.7 Å². The van der Waals surface area contributed by atoms with Crippen molar-refractivity contribution in [3.63, 3.8) is 0 Å². The van der Waals surface area contributed by atoms with Crippen LogP contribution in [-0.4, -0.2) is 14.5 Å². The average molecular weight is 264 g/mol. The Morgan fingerprint density at radius 2 is 2.22 bits per heavy atom. The zero-order chi connectivity index (χ0) is 13.1. The molecule has 0 aliphatic carbocycles. The first-order valence-electron chi connectivity index (χ1n) is 6.29. The van der Waals surface area contributed by atoms with Crippen LogP contribution in [0.4, 0.5) is 0 Å². The third kappa shape index (κ3) is 2.79. The summed E-state index contributed by atoms with van der Waals surface area (Å²) in [7, 11) is 0. The summed E-state index contributed by atoms with van der Waals surface area (Å²) in [5.74, 6) is 1.09. The molecular formula is C13H20N4S. The van der Waals surface area contributed by atoms with Gasteiger partial charge in [0, 0.05) is 29.9 Å². The summed E-state index contributed by atoms with van der Waals surface area (Å²) in [6.45, 7) is 10.2. The molecule has 2 rings (SSSR count). The minimum Gasteiger partial charge on any atom is -0.334 e. The lowest BCUT2D eigenvalue weighted by molar-refractivity contribution is 0.543. The lowest BCUT2D eigenvalue weighted by atomic mass is 10.2. The number of hydrogen-bond acceptors (Lipinski definition) is 4. The van der Waals surface area contributed by atoms with Crippen LogP contribution in [0.1, 0.15) is 41.3 Å². The number of aryl methyl sites for hydroxylation is 3. The Morgan fingerprint density at radius 3 is 2.83 bits per heavy atom. The van der Waals surface area contributed by atoms with Gasteiger partial charge in [-0.25, -0.2) is 9.97 Å². The van der Waals surface area contributed by atoms with Gasteiger partial charge in [-0.3, -0.25) is 0 Å². The summed E-state index contributed by atoms with van der Waals surface area (Å²) in [6.07, 6.45) is 3.87. The quantitative estimate of drug-likeness (QED) is 0.903. The molecule has 0 fully saturated rings. The minimum absolute atomic E-state index is 0.318. The summed E-state index contributed by atoms with van der Waals surface area (Å²) in [4.78, 5) is 10.2. The Labute approximate surface area is 112 Å². The molecule has 0 amide bonds. The second kappa shape index (κ2) is 5.63. The number of rotatable bonds is 5. The molecule has 4 nitrogen and oxygen atoms in total. The van der Waals surface area contributed by atoms with E-state index in [4.69, 9.17) is 0 Å². The number of hydrogen-bond donors (Lipinski definition) is 1. The maximum Gasteiger partial charge on any atom is 0.122 e. The molecule has 1 atom stereocenters. The van der Waals surface area contributed by atoms with Crippen LogP contribution in [-0.2, 0) is 13.1 Å². The highest BCUT2D eigenvalue weighted by atomic mass is 32.1. The maximum atomic E-state index is 4.47. The molecule has 1 unspecified atom stereocenters. The van der Waals surface area contributed by atoms with E-state index in [0.29, 0.717) is 6.04 Å². The smallest absolute Gasteiger partial charge is 0.122 e. The van der Waals surface area contributed by atoms with Gasteiger partial charge in [-0.2, -0.15) is 0 Å². The molecule has 0 aliphatic rings. The van der Waals surface area contributed by atoms with Crippen LogP contribution in [0, 0.1) is 13.8 Å². The van der Waals surface area contributed by atoms with Gasteiger partial charge in [0.1, 0.15) is 5.82 Å². The lowest BCUT2D eigenvalue weighted by Crippen LogP contribution is -2.20. The molecule has 98 valence electrons. The van der Waals surface area contributed by atoms with Crippen molar-refractivity contribution in [1.29, 1.82) is 0 Å². The van der Waals surface area contributed by atoms with Crippen LogP contribution in [0.3, 0.4) is 0 Å². The highest BCUT2D eigenvalue weighted by Gasteiger charge is 2.13. The number of aromatic nitrogens is 3. The van der Waals surface area contributed by atoms with Crippen molar-refractivity contribution in [1.82, 2.24) is 19.9 Å². The normalized spacial score (nSPS) is 12.9. The van der Waals surface area contributed by atoms with E-state index in [0.717, 1.165) is 29.6 Å². The predicted molar refractivity (Wildman–Crippen MR) is 74.7 cm³/mol. The van der Waals surface area contributed by atoms with Crippen molar-refractivity contribution in [2.75, 3.05) is 0 Å². The van der Waals surface area contributed by atoms with Crippen molar-refractivity contribution < 1.29 is 0 Å². The van der Waals surface area contributed by atoms with Gasteiger partial charge in [-0.15, -0.1) is 11.3 Å². The third-order valence-corrected chi connectivity index (χ3v) is 4.30. The molecule has 0 saturated carbocycles. The first-order chi connectivity index (χ1) is 8.61. The van der Waals surface area contributed by atoms with E-state index in [9.17, 15) is 0 Å². The molecule has 5 heteroatoms. The van der Waals surface area contributed by atoms with Crippen LogP contribution in [0.15, 0.2) is 12.4 Å². The fourth-order valence-electron chi connectivity index (χ4n) is 2.08. The van der Waals surface area contributed by atoms with Gasteiger partial charge in [0.2, 0.25) is 0 Å². The second-order valence-corrected chi connectivity index (χ2v) is 5.65. The Hall–Kier alpha value is -1.20. The molecule has 1 N–H and O–H groups in total. The van der Waals surface area contributed by atoms with Crippen LogP contribution in [0.2, 0.25) is 0 Å². The standard InChI is InChI=1S/C13H20N4S/c1-5-17-7-6-14-12(17)8-15-9(2)13-10(3)16-11(4)18-13/h6-7,9,15H,5,8H2,1-4H3. The highest BCUT2D eigenvalue weighted by Crippen LogP contribution is 2.24. The van der Waals surface area contributed by atoms with Crippen LogP contribution in [0.5, 0.6) is 0 Å². The average Bonchev–Trinajstić information content (AvgIpc) is 2.92. The number of imidazole rings is 1. The molecule has 0 aromatic carbocycles. The molecule has 18 heavy (non-hydrogen) atoms. The summed E-state index contributed by atoms with van der Waals surface area (Å²) in [6, 6.07) is 0.318. The number of nitrogens with one attached hydrogen (secondary N) is 1. The van der Waals surface area contributed by atoms with Gasteiger partial charge in [0.05, 0.1) is 17.2 Å². The van der Waals surface area contributed by atoms with Crippen LogP contribution >= 0.6 is 11.3 Å². The van der Waals surface area contributed by atoms with Gasteiger partial charge >= 0.3 is 0 Å². The monoisotopic (exact) mass is 264 g/mol. The zero-order valence-corrected chi connectivity index (χ0v) is 12.2. The molecule has 0 saturated heterocycles. The van der Waals surface area contributed by atoms with Crippen molar-refractivity contribution in [2.24, 2.45) is 0 Å². The molecule has 0 radical (unpaired) electrons. The highest BCUT2D eigenvalue weighted by molar-refractivity contribution is 7.11. The second-order valence-electron chi connectivity index (χ2n) is 4.41. The predicted octanol–water partition coefficient (Wildman–Crippen LogP) is 2.83. The number of nitrogens with zero attached hydrogens (tertiary/aromatic N) is 3. The maximum absolute atomic E-state index is 4.47. The molecule has 0 spiro atoms. The fourth-order valence-corrected chi connectivity index (χ4v) is 3.04. The Bertz CT molecular complexity index is 515. The SMILES string of the molecule is CCn1ccnc1CNC(C)c1sc(C)nc1C. The molecule has 2 aromatic heterocycles. The van der Waals surface area contributed by atoms with E-state index in [1.807, 2.05) is 12.4 Å². The zero-order valence-electron chi connectivity index (χ0n) is 11.4. The van der Waals surface area contributed by atoms with E-state index in [2.05, 4.69) is 47.5 Å². The molecular weight excluding hydrogens is 244 g/mol. The Kier molecular flexibility index (Phi) is 4.14. The summed E-state index contributed by atoms with van der Waals surface area (Å²) >= 11 is 1.77. The van der Waals surface area contributed by atoms with E-state index in [1.54, 1.807) is 11.3 Å². The molecule has 2 aromatic rings. The summed E-state index contributed by atoms with van der Waals surface area (Å²) in [5, 5.41) is 4.65. The number of thiazole rings is 1.